The maximum atomic E-state index is 11.9. The maximum Gasteiger partial charge on any atom is 0.252 e. The van der Waals surface area contributed by atoms with Gasteiger partial charge in [0, 0.05) is 26.2 Å². The smallest absolute Gasteiger partial charge is 0.252 e. The highest BCUT2D eigenvalue weighted by molar-refractivity contribution is 6.33. The van der Waals surface area contributed by atoms with E-state index in [9.17, 15) is 9.59 Å². The van der Waals surface area contributed by atoms with E-state index in [0.29, 0.717) is 43.2 Å². The molecule has 1 fully saturated rings. The van der Waals surface area contributed by atoms with Crippen molar-refractivity contribution in [1.82, 2.24) is 16.0 Å². The average Bonchev–Trinajstić information content (AvgIpc) is 2.53. The Labute approximate surface area is 146 Å². The van der Waals surface area contributed by atoms with Crippen LogP contribution in [0.25, 0.3) is 0 Å². The van der Waals surface area contributed by atoms with Crippen LogP contribution in [-0.4, -0.2) is 50.7 Å². The van der Waals surface area contributed by atoms with Crippen molar-refractivity contribution in [2.24, 2.45) is 0 Å². The van der Waals surface area contributed by atoms with Crippen molar-refractivity contribution in [3.05, 3.63) is 34.9 Å². The topological polar surface area (TPSA) is 79.5 Å². The lowest BCUT2D eigenvalue weighted by molar-refractivity contribution is -0.124. The zero-order valence-electron chi connectivity index (χ0n) is 12.6. The van der Waals surface area contributed by atoms with Crippen LogP contribution in [0.15, 0.2) is 24.3 Å². The molecule has 1 aliphatic rings. The SMILES string of the molecule is Cl.O=C(CC1CNCCO1)NCCNC(=O)c1ccccc1Cl. The van der Waals surface area contributed by atoms with Crippen LogP contribution < -0.4 is 16.0 Å². The second-order valence-corrected chi connectivity index (χ2v) is 5.39. The van der Waals surface area contributed by atoms with Crippen LogP contribution in [0.1, 0.15) is 16.8 Å². The molecule has 0 aliphatic carbocycles. The van der Waals surface area contributed by atoms with Gasteiger partial charge in [0.25, 0.3) is 5.91 Å². The standard InChI is InChI=1S/C15H20ClN3O3.ClH/c16-13-4-2-1-3-12(13)15(21)19-6-5-18-14(20)9-11-10-17-7-8-22-11;/h1-4,11,17H,5-10H2,(H,18,20)(H,19,21);1H. The van der Waals surface area contributed by atoms with Gasteiger partial charge in [-0.1, -0.05) is 23.7 Å². The first-order valence-electron chi connectivity index (χ1n) is 7.28. The van der Waals surface area contributed by atoms with Crippen molar-refractivity contribution < 1.29 is 14.3 Å². The first-order valence-corrected chi connectivity index (χ1v) is 7.66. The van der Waals surface area contributed by atoms with E-state index in [1.165, 1.54) is 0 Å². The number of carbonyl (C=O) groups excluding carboxylic acids is 2. The molecule has 6 nitrogen and oxygen atoms in total. The fourth-order valence-corrected chi connectivity index (χ4v) is 2.37. The van der Waals surface area contributed by atoms with E-state index in [-0.39, 0.29) is 30.3 Å². The summed E-state index contributed by atoms with van der Waals surface area (Å²) in [5.74, 6) is -0.333. The van der Waals surface area contributed by atoms with Gasteiger partial charge in [-0.2, -0.15) is 0 Å². The third-order valence-electron chi connectivity index (χ3n) is 3.27. The van der Waals surface area contributed by atoms with Gasteiger partial charge >= 0.3 is 0 Å². The van der Waals surface area contributed by atoms with Crippen LogP contribution in [0.4, 0.5) is 0 Å². The summed E-state index contributed by atoms with van der Waals surface area (Å²) in [7, 11) is 0. The predicted octanol–water partition coefficient (Wildman–Crippen LogP) is 0.986. The summed E-state index contributed by atoms with van der Waals surface area (Å²) in [6.45, 7) is 2.86. The van der Waals surface area contributed by atoms with Crippen molar-refractivity contribution in [2.45, 2.75) is 12.5 Å². The molecule has 0 spiro atoms. The quantitative estimate of drug-likeness (QED) is 0.660. The van der Waals surface area contributed by atoms with Crippen molar-refractivity contribution in [1.29, 1.82) is 0 Å². The summed E-state index contributed by atoms with van der Waals surface area (Å²) >= 11 is 5.94. The van der Waals surface area contributed by atoms with Gasteiger partial charge in [-0.15, -0.1) is 12.4 Å². The second kappa shape index (κ2) is 10.4. The summed E-state index contributed by atoms with van der Waals surface area (Å²) in [5, 5.41) is 9.05. The molecule has 1 aromatic carbocycles. The van der Waals surface area contributed by atoms with Gasteiger partial charge in [0.05, 0.1) is 29.7 Å². The highest BCUT2D eigenvalue weighted by Crippen LogP contribution is 2.14. The van der Waals surface area contributed by atoms with E-state index in [1.54, 1.807) is 24.3 Å². The number of ether oxygens (including phenoxy) is 1. The average molecular weight is 362 g/mol. The van der Waals surface area contributed by atoms with E-state index < -0.39 is 0 Å². The molecule has 2 rings (SSSR count). The highest BCUT2D eigenvalue weighted by atomic mass is 35.5. The highest BCUT2D eigenvalue weighted by Gasteiger charge is 2.17. The molecule has 1 saturated heterocycles. The zero-order valence-corrected chi connectivity index (χ0v) is 14.2. The van der Waals surface area contributed by atoms with E-state index in [4.69, 9.17) is 16.3 Å². The van der Waals surface area contributed by atoms with Crippen molar-refractivity contribution in [3.8, 4) is 0 Å². The van der Waals surface area contributed by atoms with Crippen molar-refractivity contribution in [2.75, 3.05) is 32.8 Å². The molecule has 1 aliphatic heterocycles. The number of carbonyl (C=O) groups is 2. The molecule has 2 amide bonds. The fraction of sp³-hybridized carbons (Fsp3) is 0.467. The van der Waals surface area contributed by atoms with Crippen LogP contribution in [0, 0.1) is 0 Å². The van der Waals surface area contributed by atoms with Gasteiger partial charge in [-0.3, -0.25) is 9.59 Å². The molecule has 0 bridgehead atoms. The third-order valence-corrected chi connectivity index (χ3v) is 3.60. The van der Waals surface area contributed by atoms with E-state index in [1.807, 2.05) is 0 Å². The maximum absolute atomic E-state index is 11.9. The summed E-state index contributed by atoms with van der Waals surface area (Å²) < 4.78 is 5.46. The van der Waals surface area contributed by atoms with Gasteiger partial charge in [0.15, 0.2) is 0 Å². The minimum atomic E-state index is -0.250. The number of benzene rings is 1. The largest absolute Gasteiger partial charge is 0.375 e. The Morgan fingerprint density at radius 3 is 2.70 bits per heavy atom. The number of morpholine rings is 1. The van der Waals surface area contributed by atoms with E-state index in [0.717, 1.165) is 6.54 Å². The third kappa shape index (κ3) is 6.74. The van der Waals surface area contributed by atoms with Crippen LogP contribution in [0.2, 0.25) is 5.02 Å². The van der Waals surface area contributed by atoms with Crippen LogP contribution in [0.5, 0.6) is 0 Å². The number of amides is 2. The van der Waals surface area contributed by atoms with Crippen LogP contribution in [0.3, 0.4) is 0 Å². The first-order chi connectivity index (χ1) is 10.7. The summed E-state index contributed by atoms with van der Waals surface area (Å²) in [6, 6.07) is 6.84. The zero-order chi connectivity index (χ0) is 15.8. The number of hydrogen-bond donors (Lipinski definition) is 3. The summed E-state index contributed by atoms with van der Waals surface area (Å²) in [4.78, 5) is 23.6. The second-order valence-electron chi connectivity index (χ2n) is 4.99. The number of hydrogen-bond acceptors (Lipinski definition) is 4. The molecule has 1 aromatic rings. The van der Waals surface area contributed by atoms with Crippen LogP contribution >= 0.6 is 24.0 Å². The molecule has 3 N–H and O–H groups in total. The predicted molar refractivity (Wildman–Crippen MR) is 91.3 cm³/mol. The minimum Gasteiger partial charge on any atom is -0.375 e. The molecule has 1 atom stereocenters. The van der Waals surface area contributed by atoms with E-state index >= 15 is 0 Å². The molecular formula is C15H21Cl2N3O3. The van der Waals surface area contributed by atoms with Gasteiger partial charge in [-0.25, -0.2) is 0 Å². The Bertz CT molecular complexity index is 522. The number of nitrogens with one attached hydrogen (secondary N) is 3. The molecular weight excluding hydrogens is 341 g/mol. The number of halogens is 2. The Morgan fingerprint density at radius 1 is 1.26 bits per heavy atom. The monoisotopic (exact) mass is 361 g/mol. The summed E-state index contributed by atoms with van der Waals surface area (Å²) in [5.41, 5.74) is 0.428. The fourth-order valence-electron chi connectivity index (χ4n) is 2.15. The molecule has 128 valence electrons. The normalized spacial score (nSPS) is 17.0. The summed E-state index contributed by atoms with van der Waals surface area (Å²) in [6.07, 6.45) is 0.248. The van der Waals surface area contributed by atoms with Crippen LogP contribution in [-0.2, 0) is 9.53 Å². The van der Waals surface area contributed by atoms with E-state index in [2.05, 4.69) is 16.0 Å². The van der Waals surface area contributed by atoms with Gasteiger partial charge < -0.3 is 20.7 Å². The molecule has 1 heterocycles. The molecule has 23 heavy (non-hydrogen) atoms. The lowest BCUT2D eigenvalue weighted by Crippen LogP contribution is -2.42. The molecule has 8 heteroatoms. The van der Waals surface area contributed by atoms with Gasteiger partial charge in [0.2, 0.25) is 5.91 Å². The molecule has 0 aromatic heterocycles. The van der Waals surface area contributed by atoms with Gasteiger partial charge in [-0.05, 0) is 12.1 Å². The van der Waals surface area contributed by atoms with Gasteiger partial charge in [0.1, 0.15) is 0 Å². The Morgan fingerprint density at radius 2 is 2.00 bits per heavy atom. The lowest BCUT2D eigenvalue weighted by Gasteiger charge is -2.23. The Kier molecular flexibility index (Phi) is 8.94. The number of rotatable bonds is 6. The van der Waals surface area contributed by atoms with Crippen molar-refractivity contribution in [3.63, 3.8) is 0 Å². The molecule has 1 unspecified atom stereocenters. The lowest BCUT2D eigenvalue weighted by atomic mass is 10.2. The first kappa shape index (κ1) is 19.7. The molecule has 0 radical (unpaired) electrons. The molecule has 0 saturated carbocycles. The Balaban J connectivity index is 0.00000264. The van der Waals surface area contributed by atoms with Crippen molar-refractivity contribution >= 4 is 35.8 Å². The Hall–Kier alpha value is -1.34. The minimum absolute atomic E-state index is 0.